The van der Waals surface area contributed by atoms with Crippen molar-refractivity contribution in [3.8, 4) is 5.75 Å². The summed E-state index contributed by atoms with van der Waals surface area (Å²) >= 11 is 6.26. The molecular weight excluding hydrogens is 424 g/mol. The number of benzene rings is 3. The van der Waals surface area contributed by atoms with Crippen LogP contribution in [-0.4, -0.2) is 21.4 Å². The number of ether oxygens (including phenoxy) is 1. The maximum Gasteiger partial charge on any atom is 0.261 e. The van der Waals surface area contributed by atoms with Gasteiger partial charge in [-0.2, -0.15) is 0 Å². The van der Waals surface area contributed by atoms with E-state index < -0.39 is 10.0 Å². The topological polar surface area (TPSA) is 84.5 Å². The Morgan fingerprint density at radius 2 is 1.53 bits per heavy atom. The normalized spacial score (nSPS) is 11.1. The van der Waals surface area contributed by atoms with Gasteiger partial charge in [-0.1, -0.05) is 17.7 Å². The van der Waals surface area contributed by atoms with E-state index >= 15 is 0 Å². The number of hydrogen-bond acceptors (Lipinski definition) is 4. The van der Waals surface area contributed by atoms with Crippen LogP contribution in [0.4, 0.5) is 11.4 Å². The number of anilines is 2. The number of hydrogen-bond donors (Lipinski definition) is 2. The molecule has 0 bridgehead atoms. The summed E-state index contributed by atoms with van der Waals surface area (Å²) in [6, 6.07) is 16.1. The molecule has 8 heteroatoms. The Bertz CT molecular complexity index is 1170. The summed E-state index contributed by atoms with van der Waals surface area (Å²) in [7, 11) is -2.31. The molecule has 0 spiro atoms. The van der Waals surface area contributed by atoms with Gasteiger partial charge in [-0.15, -0.1) is 0 Å². The Labute approximate surface area is 180 Å². The molecule has 1 amide bonds. The second kappa shape index (κ2) is 8.77. The number of rotatable bonds is 6. The minimum Gasteiger partial charge on any atom is -0.497 e. The first-order valence-electron chi connectivity index (χ1n) is 9.04. The Morgan fingerprint density at radius 1 is 0.900 bits per heavy atom. The average Bonchev–Trinajstić information content (AvgIpc) is 2.67. The third kappa shape index (κ3) is 5.11. The molecule has 0 aliphatic heterocycles. The van der Waals surface area contributed by atoms with Gasteiger partial charge >= 0.3 is 0 Å². The van der Waals surface area contributed by atoms with E-state index in [0.29, 0.717) is 11.4 Å². The molecule has 0 radical (unpaired) electrons. The minimum atomic E-state index is -3.81. The first kappa shape index (κ1) is 21.7. The summed E-state index contributed by atoms with van der Waals surface area (Å²) < 4.78 is 32.6. The van der Waals surface area contributed by atoms with Crippen molar-refractivity contribution in [2.75, 3.05) is 17.1 Å². The van der Waals surface area contributed by atoms with Crippen molar-refractivity contribution in [2.24, 2.45) is 0 Å². The van der Waals surface area contributed by atoms with E-state index in [1.165, 1.54) is 37.4 Å². The van der Waals surface area contributed by atoms with Crippen molar-refractivity contribution >= 4 is 38.9 Å². The average molecular weight is 445 g/mol. The Balaban J connectivity index is 1.77. The zero-order valence-corrected chi connectivity index (χ0v) is 18.3. The zero-order chi connectivity index (χ0) is 21.9. The monoisotopic (exact) mass is 444 g/mol. The summed E-state index contributed by atoms with van der Waals surface area (Å²) in [5.41, 5.74) is 3.21. The molecule has 2 N–H and O–H groups in total. The van der Waals surface area contributed by atoms with Gasteiger partial charge in [0.15, 0.2) is 0 Å². The Kier molecular flexibility index (Phi) is 6.34. The number of sulfonamides is 1. The molecule has 0 aliphatic carbocycles. The van der Waals surface area contributed by atoms with E-state index in [0.717, 1.165) is 11.1 Å². The van der Waals surface area contributed by atoms with Crippen LogP contribution in [0.1, 0.15) is 21.5 Å². The van der Waals surface area contributed by atoms with Crippen LogP contribution in [0.3, 0.4) is 0 Å². The van der Waals surface area contributed by atoms with Crippen molar-refractivity contribution in [1.82, 2.24) is 0 Å². The molecule has 0 saturated heterocycles. The van der Waals surface area contributed by atoms with Crippen LogP contribution < -0.4 is 14.8 Å². The van der Waals surface area contributed by atoms with Crippen LogP contribution in [0.5, 0.6) is 5.75 Å². The predicted molar refractivity (Wildman–Crippen MR) is 119 cm³/mol. The van der Waals surface area contributed by atoms with Gasteiger partial charge in [0, 0.05) is 5.69 Å². The third-order valence-electron chi connectivity index (χ3n) is 4.32. The fourth-order valence-electron chi connectivity index (χ4n) is 2.98. The second-order valence-corrected chi connectivity index (χ2v) is 8.90. The quantitative estimate of drug-likeness (QED) is 0.559. The number of halogens is 1. The second-order valence-electron chi connectivity index (χ2n) is 6.81. The van der Waals surface area contributed by atoms with Gasteiger partial charge in [0.1, 0.15) is 5.75 Å². The van der Waals surface area contributed by atoms with E-state index in [1.807, 2.05) is 32.0 Å². The van der Waals surface area contributed by atoms with Gasteiger partial charge in [-0.25, -0.2) is 8.42 Å². The number of carbonyl (C=O) groups is 1. The highest BCUT2D eigenvalue weighted by atomic mass is 35.5. The van der Waals surface area contributed by atoms with E-state index in [1.54, 1.807) is 12.1 Å². The van der Waals surface area contributed by atoms with Crippen molar-refractivity contribution in [1.29, 1.82) is 0 Å². The summed E-state index contributed by atoms with van der Waals surface area (Å²) in [6.07, 6.45) is 0. The Morgan fingerprint density at radius 3 is 2.10 bits per heavy atom. The number of methoxy groups -OCH3 is 1. The van der Waals surface area contributed by atoms with Crippen LogP contribution >= 0.6 is 11.6 Å². The zero-order valence-electron chi connectivity index (χ0n) is 16.7. The predicted octanol–water partition coefficient (Wildman–Crippen LogP) is 5.02. The van der Waals surface area contributed by atoms with Crippen molar-refractivity contribution < 1.29 is 17.9 Å². The van der Waals surface area contributed by atoms with E-state index in [4.69, 9.17) is 16.3 Å². The van der Waals surface area contributed by atoms with Gasteiger partial charge in [0.05, 0.1) is 28.3 Å². The summed E-state index contributed by atoms with van der Waals surface area (Å²) in [5.74, 6) is 0.172. The highest BCUT2D eigenvalue weighted by Crippen LogP contribution is 2.25. The number of carbonyl (C=O) groups excluding carboxylic acids is 1. The number of aryl methyl sites for hydroxylation is 2. The summed E-state index contributed by atoms with van der Waals surface area (Å²) in [4.78, 5) is 12.7. The smallest absolute Gasteiger partial charge is 0.261 e. The molecule has 0 unspecified atom stereocenters. The van der Waals surface area contributed by atoms with Crippen LogP contribution in [0.25, 0.3) is 0 Å². The third-order valence-corrected chi connectivity index (χ3v) is 6.03. The lowest BCUT2D eigenvalue weighted by molar-refractivity contribution is 0.102. The number of nitrogens with one attached hydrogen (secondary N) is 2. The molecule has 6 nitrogen and oxygen atoms in total. The lowest BCUT2D eigenvalue weighted by atomic mass is 10.1. The van der Waals surface area contributed by atoms with Gasteiger partial charge in [-0.3, -0.25) is 9.52 Å². The van der Waals surface area contributed by atoms with E-state index in [2.05, 4.69) is 10.0 Å². The van der Waals surface area contributed by atoms with Gasteiger partial charge in [-0.05, 0) is 79.6 Å². The first-order valence-corrected chi connectivity index (χ1v) is 10.9. The van der Waals surface area contributed by atoms with Gasteiger partial charge in [0.2, 0.25) is 0 Å². The molecule has 0 aliphatic rings. The maximum absolute atomic E-state index is 12.6. The molecule has 0 heterocycles. The highest BCUT2D eigenvalue weighted by molar-refractivity contribution is 7.92. The molecule has 30 heavy (non-hydrogen) atoms. The van der Waals surface area contributed by atoms with Crippen molar-refractivity contribution in [2.45, 2.75) is 18.7 Å². The first-order chi connectivity index (χ1) is 14.2. The number of amides is 1. The molecule has 156 valence electrons. The molecule has 0 saturated carbocycles. The van der Waals surface area contributed by atoms with Gasteiger partial charge in [0.25, 0.3) is 15.9 Å². The lowest BCUT2D eigenvalue weighted by Gasteiger charge is -2.12. The molecule has 3 aromatic carbocycles. The Hall–Kier alpha value is -3.03. The molecule has 3 aromatic rings. The minimum absolute atomic E-state index is 0.0797. The molecule has 0 aromatic heterocycles. The summed E-state index contributed by atoms with van der Waals surface area (Å²) in [6.45, 7) is 3.89. The van der Waals surface area contributed by atoms with Gasteiger partial charge < -0.3 is 10.1 Å². The fourth-order valence-corrected chi connectivity index (χ4v) is 4.29. The van der Waals surface area contributed by atoms with E-state index in [9.17, 15) is 13.2 Å². The SMILES string of the molecule is COc1ccc(S(=O)(=O)Nc2ccc(C(=O)Nc3cc(C)cc(C)c3)c(Cl)c2)cc1. The van der Waals surface area contributed by atoms with Crippen LogP contribution in [0.2, 0.25) is 5.02 Å². The standard InChI is InChI=1S/C22H21ClN2O4S/c1-14-10-15(2)12-17(11-14)24-22(26)20-9-4-16(13-21(20)23)25-30(27,28)19-7-5-18(29-3)6-8-19/h4-13,25H,1-3H3,(H,24,26). The largest absolute Gasteiger partial charge is 0.497 e. The lowest BCUT2D eigenvalue weighted by Crippen LogP contribution is -2.15. The van der Waals surface area contributed by atoms with Crippen LogP contribution in [0.15, 0.2) is 65.6 Å². The molecular formula is C22H21ClN2O4S. The molecule has 3 rings (SSSR count). The summed E-state index contributed by atoms with van der Waals surface area (Å²) in [5, 5.41) is 2.94. The van der Waals surface area contributed by atoms with Crippen molar-refractivity contribution in [3.05, 3.63) is 82.4 Å². The maximum atomic E-state index is 12.6. The van der Waals surface area contributed by atoms with Crippen molar-refractivity contribution in [3.63, 3.8) is 0 Å². The van der Waals surface area contributed by atoms with Crippen LogP contribution in [0, 0.1) is 13.8 Å². The van der Waals surface area contributed by atoms with Crippen LogP contribution in [-0.2, 0) is 10.0 Å². The van der Waals surface area contributed by atoms with E-state index in [-0.39, 0.29) is 27.1 Å². The fraction of sp³-hybridized carbons (Fsp3) is 0.136. The molecule has 0 fully saturated rings. The molecule has 0 atom stereocenters. The highest BCUT2D eigenvalue weighted by Gasteiger charge is 2.17.